The fourth-order valence-corrected chi connectivity index (χ4v) is 4.53. The number of carbonyl (C=O) groups is 3. The molecule has 1 aliphatic heterocycles. The van der Waals surface area contributed by atoms with Crippen molar-refractivity contribution in [1.82, 2.24) is 4.90 Å². The molecule has 1 saturated heterocycles. The van der Waals surface area contributed by atoms with Crippen LogP contribution in [0.4, 0.5) is 10.5 Å². The smallest absolute Gasteiger partial charge is 0.293 e. The standard InChI is InChI=1S/C28H25ClN2O5S/c1-18-7-10-21(15-19(18)2)30-26(32)17-36-22-11-8-20(9-12-22)16-25-27(33)31(28(34)37-25)13-14-35-24-6-4-3-5-23(24)29/h3-12,15-16H,13-14,17H2,1-2H3,(H,30,32)/b25-16-. The largest absolute Gasteiger partial charge is 0.490 e. The Morgan fingerprint density at radius 1 is 1.00 bits per heavy atom. The summed E-state index contributed by atoms with van der Waals surface area (Å²) in [4.78, 5) is 38.8. The van der Waals surface area contributed by atoms with Gasteiger partial charge in [0.2, 0.25) is 0 Å². The van der Waals surface area contributed by atoms with E-state index in [1.807, 2.05) is 32.0 Å². The van der Waals surface area contributed by atoms with Gasteiger partial charge in [0.15, 0.2) is 6.61 Å². The Labute approximate surface area is 224 Å². The number of hydrogen-bond acceptors (Lipinski definition) is 6. The number of nitrogens with one attached hydrogen (secondary N) is 1. The van der Waals surface area contributed by atoms with Gasteiger partial charge in [-0.15, -0.1) is 0 Å². The van der Waals surface area contributed by atoms with Gasteiger partial charge >= 0.3 is 0 Å². The third kappa shape index (κ3) is 6.93. The van der Waals surface area contributed by atoms with E-state index in [-0.39, 0.29) is 36.8 Å². The molecule has 0 radical (unpaired) electrons. The summed E-state index contributed by atoms with van der Waals surface area (Å²) in [7, 11) is 0. The van der Waals surface area contributed by atoms with Crippen LogP contribution >= 0.6 is 23.4 Å². The van der Waals surface area contributed by atoms with E-state index in [0.717, 1.165) is 39.0 Å². The van der Waals surface area contributed by atoms with Crippen LogP contribution in [0.25, 0.3) is 6.08 Å². The number of hydrogen-bond donors (Lipinski definition) is 1. The normalized spacial score (nSPS) is 14.2. The number of ether oxygens (including phenoxy) is 2. The van der Waals surface area contributed by atoms with Crippen LogP contribution in [0.5, 0.6) is 11.5 Å². The number of amides is 3. The van der Waals surface area contributed by atoms with Gasteiger partial charge < -0.3 is 14.8 Å². The first kappa shape index (κ1) is 26.3. The Morgan fingerprint density at radius 3 is 2.49 bits per heavy atom. The van der Waals surface area contributed by atoms with Gasteiger partial charge in [-0.25, -0.2) is 0 Å². The molecule has 3 aromatic rings. The summed E-state index contributed by atoms with van der Waals surface area (Å²) in [5.74, 6) is 0.370. The molecule has 1 aliphatic rings. The highest BCUT2D eigenvalue weighted by Crippen LogP contribution is 2.32. The van der Waals surface area contributed by atoms with E-state index in [9.17, 15) is 14.4 Å². The van der Waals surface area contributed by atoms with Crippen molar-refractivity contribution in [2.75, 3.05) is 25.1 Å². The van der Waals surface area contributed by atoms with Gasteiger partial charge in [0.25, 0.3) is 17.1 Å². The number of nitrogens with zero attached hydrogens (tertiary/aromatic N) is 1. The average molecular weight is 537 g/mol. The number of aryl methyl sites for hydroxylation is 2. The van der Waals surface area contributed by atoms with E-state index in [1.165, 1.54) is 0 Å². The van der Waals surface area contributed by atoms with Gasteiger partial charge in [-0.05, 0) is 84.8 Å². The molecule has 190 valence electrons. The van der Waals surface area contributed by atoms with E-state index in [4.69, 9.17) is 21.1 Å². The Morgan fingerprint density at radius 2 is 1.76 bits per heavy atom. The number of para-hydroxylation sites is 1. The van der Waals surface area contributed by atoms with Gasteiger partial charge in [-0.1, -0.05) is 41.9 Å². The Kier molecular flexibility index (Phi) is 8.53. The lowest BCUT2D eigenvalue weighted by Gasteiger charge is -2.13. The van der Waals surface area contributed by atoms with Crippen LogP contribution in [0, 0.1) is 13.8 Å². The van der Waals surface area contributed by atoms with E-state index in [2.05, 4.69) is 5.32 Å². The highest BCUT2D eigenvalue weighted by Gasteiger charge is 2.34. The minimum Gasteiger partial charge on any atom is -0.490 e. The minimum absolute atomic E-state index is 0.115. The third-order valence-electron chi connectivity index (χ3n) is 5.62. The molecular formula is C28H25ClN2O5S. The van der Waals surface area contributed by atoms with E-state index in [0.29, 0.717) is 21.4 Å². The maximum Gasteiger partial charge on any atom is 0.293 e. The molecule has 9 heteroatoms. The second kappa shape index (κ2) is 12.0. The van der Waals surface area contributed by atoms with Gasteiger partial charge in [0.05, 0.1) is 16.5 Å². The van der Waals surface area contributed by atoms with Crippen molar-refractivity contribution >= 4 is 52.2 Å². The van der Waals surface area contributed by atoms with Crippen molar-refractivity contribution in [2.24, 2.45) is 0 Å². The Bertz CT molecular complexity index is 1360. The maximum absolute atomic E-state index is 12.7. The summed E-state index contributed by atoms with van der Waals surface area (Å²) in [6.07, 6.45) is 1.65. The van der Waals surface area contributed by atoms with Crippen LogP contribution in [0.15, 0.2) is 71.6 Å². The molecule has 3 aromatic carbocycles. The van der Waals surface area contributed by atoms with E-state index in [1.54, 1.807) is 54.6 Å². The summed E-state index contributed by atoms with van der Waals surface area (Å²) in [6.45, 7) is 4.11. The lowest BCUT2D eigenvalue weighted by Crippen LogP contribution is -2.32. The zero-order valence-corrected chi connectivity index (χ0v) is 21.9. The number of rotatable bonds is 9. The molecule has 0 aromatic heterocycles. The molecule has 1 N–H and O–H groups in total. The lowest BCUT2D eigenvalue weighted by molar-refractivity contribution is -0.123. The number of carbonyl (C=O) groups excluding carboxylic acids is 3. The number of thioether (sulfide) groups is 1. The van der Waals surface area contributed by atoms with Crippen LogP contribution in [0.3, 0.4) is 0 Å². The lowest BCUT2D eigenvalue weighted by atomic mass is 10.1. The molecular weight excluding hydrogens is 512 g/mol. The van der Waals surface area contributed by atoms with Gasteiger partial charge in [-0.3, -0.25) is 19.3 Å². The molecule has 1 fully saturated rings. The Hall–Kier alpha value is -3.75. The summed E-state index contributed by atoms with van der Waals surface area (Å²) in [5, 5.41) is 2.92. The average Bonchev–Trinajstić information content (AvgIpc) is 3.14. The second-order valence-electron chi connectivity index (χ2n) is 8.32. The monoisotopic (exact) mass is 536 g/mol. The fraction of sp³-hybridized carbons (Fsp3) is 0.179. The summed E-state index contributed by atoms with van der Waals surface area (Å²) in [5.41, 5.74) is 3.69. The van der Waals surface area contributed by atoms with Crippen LogP contribution in [0.1, 0.15) is 16.7 Å². The zero-order valence-electron chi connectivity index (χ0n) is 20.3. The number of anilines is 1. The summed E-state index contributed by atoms with van der Waals surface area (Å²) < 4.78 is 11.2. The second-order valence-corrected chi connectivity index (χ2v) is 9.72. The highest BCUT2D eigenvalue weighted by atomic mass is 35.5. The van der Waals surface area contributed by atoms with Crippen LogP contribution in [0.2, 0.25) is 5.02 Å². The topological polar surface area (TPSA) is 84.9 Å². The first-order valence-corrected chi connectivity index (χ1v) is 12.7. The maximum atomic E-state index is 12.7. The first-order chi connectivity index (χ1) is 17.8. The fourth-order valence-electron chi connectivity index (χ4n) is 3.48. The molecule has 3 amide bonds. The minimum atomic E-state index is -0.374. The van der Waals surface area contributed by atoms with Gasteiger partial charge in [0.1, 0.15) is 18.1 Å². The molecule has 0 unspecified atom stereocenters. The summed E-state index contributed by atoms with van der Waals surface area (Å²) in [6, 6.07) is 19.6. The van der Waals surface area contributed by atoms with Crippen LogP contribution < -0.4 is 14.8 Å². The quantitative estimate of drug-likeness (QED) is 0.333. The molecule has 0 saturated carbocycles. The SMILES string of the molecule is Cc1ccc(NC(=O)COc2ccc(/C=C3\SC(=O)N(CCOc4ccccc4Cl)C3=O)cc2)cc1C. The van der Waals surface area contributed by atoms with Crippen molar-refractivity contribution in [3.05, 3.63) is 93.3 Å². The molecule has 1 heterocycles. The number of imide groups is 1. The molecule has 7 nitrogen and oxygen atoms in total. The number of halogens is 1. The predicted octanol–water partition coefficient (Wildman–Crippen LogP) is 6.09. The molecule has 0 aliphatic carbocycles. The molecule has 0 bridgehead atoms. The van der Waals surface area contributed by atoms with Crippen LogP contribution in [-0.4, -0.2) is 41.7 Å². The van der Waals surface area contributed by atoms with Crippen molar-refractivity contribution in [2.45, 2.75) is 13.8 Å². The van der Waals surface area contributed by atoms with Gasteiger partial charge in [-0.2, -0.15) is 0 Å². The third-order valence-corrected chi connectivity index (χ3v) is 6.84. The van der Waals surface area contributed by atoms with Crippen molar-refractivity contribution in [1.29, 1.82) is 0 Å². The zero-order chi connectivity index (χ0) is 26.4. The van der Waals surface area contributed by atoms with Crippen molar-refractivity contribution in [3.8, 4) is 11.5 Å². The Balaban J connectivity index is 1.28. The van der Waals surface area contributed by atoms with Crippen molar-refractivity contribution < 1.29 is 23.9 Å². The molecule has 4 rings (SSSR count). The van der Waals surface area contributed by atoms with Crippen LogP contribution in [-0.2, 0) is 9.59 Å². The van der Waals surface area contributed by atoms with E-state index < -0.39 is 0 Å². The highest BCUT2D eigenvalue weighted by molar-refractivity contribution is 8.18. The van der Waals surface area contributed by atoms with E-state index >= 15 is 0 Å². The van der Waals surface area contributed by atoms with Crippen molar-refractivity contribution in [3.63, 3.8) is 0 Å². The number of benzene rings is 3. The predicted molar refractivity (Wildman–Crippen MR) is 146 cm³/mol. The molecule has 0 spiro atoms. The summed E-state index contributed by atoms with van der Waals surface area (Å²) >= 11 is 6.94. The first-order valence-electron chi connectivity index (χ1n) is 11.5. The molecule has 37 heavy (non-hydrogen) atoms. The molecule has 0 atom stereocenters. The van der Waals surface area contributed by atoms with Gasteiger partial charge in [0, 0.05) is 5.69 Å².